The summed E-state index contributed by atoms with van der Waals surface area (Å²) in [5, 5.41) is 2.57. The van der Waals surface area contributed by atoms with Gasteiger partial charge in [-0.25, -0.2) is 0 Å². The van der Waals surface area contributed by atoms with Crippen molar-refractivity contribution in [3.8, 4) is 0 Å². The number of likely N-dealkylation sites (tertiary alicyclic amines) is 1. The number of ketones is 1. The Morgan fingerprint density at radius 1 is 1.30 bits per heavy atom. The van der Waals surface area contributed by atoms with E-state index in [-0.39, 0.29) is 0 Å². The smallest absolute Gasteiger partial charge is 0.303 e. The number of nitrogens with zero attached hydrogens (tertiary/aromatic N) is 1. The molecule has 2 atom stereocenters. The van der Waals surface area contributed by atoms with E-state index in [0.717, 1.165) is 19.4 Å². The lowest BCUT2D eigenvalue weighted by atomic mass is 10.1. The monoisotopic (exact) mass is 347 g/mol. The van der Waals surface area contributed by atoms with Gasteiger partial charge in [-0.3, -0.25) is 14.5 Å². The Morgan fingerprint density at radius 3 is 2.96 bits per heavy atom. The zero-order chi connectivity index (χ0) is 16.0. The fourth-order valence-electron chi connectivity index (χ4n) is 3.57. The third-order valence-corrected chi connectivity index (χ3v) is 5.89. The van der Waals surface area contributed by atoms with E-state index in [9.17, 15) is 9.59 Å². The molecule has 3 heterocycles. The van der Waals surface area contributed by atoms with Crippen molar-refractivity contribution < 1.29 is 14.5 Å². The number of fused-ring (bicyclic) bond motifs is 1. The molecule has 4 nitrogen and oxygen atoms in total. The van der Waals surface area contributed by atoms with Crippen molar-refractivity contribution in [3.63, 3.8) is 0 Å². The minimum Gasteiger partial charge on any atom is -0.311 e. The number of halogens is 1. The Bertz CT molecular complexity index is 775. The molecule has 1 aromatic carbocycles. The van der Waals surface area contributed by atoms with Crippen LogP contribution in [0, 0.1) is 0 Å². The Kier molecular flexibility index (Phi) is 3.71. The maximum Gasteiger partial charge on any atom is 0.303 e. The molecule has 1 saturated heterocycles. The van der Waals surface area contributed by atoms with E-state index in [2.05, 4.69) is 17.5 Å². The van der Waals surface area contributed by atoms with Crippen LogP contribution in [0.2, 0.25) is 5.02 Å². The molecule has 1 unspecified atom stereocenters. The molecule has 4 rings (SSSR count). The van der Waals surface area contributed by atoms with E-state index in [1.54, 1.807) is 34.4 Å². The van der Waals surface area contributed by atoms with Crippen molar-refractivity contribution in [2.24, 2.45) is 0 Å². The number of carbonyl (C=O) groups excluding carboxylic acids is 2. The van der Waals surface area contributed by atoms with Gasteiger partial charge in [0.15, 0.2) is 6.67 Å². The molecule has 118 valence electrons. The van der Waals surface area contributed by atoms with E-state index in [4.69, 9.17) is 11.6 Å². The molecule has 1 N–H and O–H groups in total. The number of Topliss-reactive ketones (excluding diaryl/α,β-unsaturated/α-hetero) is 1. The first-order valence-electron chi connectivity index (χ1n) is 7.69. The number of quaternary nitrogens is 1. The van der Waals surface area contributed by atoms with Crippen LogP contribution >= 0.6 is 22.9 Å². The highest BCUT2D eigenvalue weighted by molar-refractivity contribution is 7.10. The summed E-state index contributed by atoms with van der Waals surface area (Å²) < 4.78 is 0. The molecule has 1 aromatic heterocycles. The topological polar surface area (TPSA) is 41.8 Å². The van der Waals surface area contributed by atoms with E-state index in [1.165, 1.54) is 9.78 Å². The van der Waals surface area contributed by atoms with Crippen LogP contribution in [0.1, 0.15) is 34.1 Å². The van der Waals surface area contributed by atoms with Crippen molar-refractivity contribution >= 4 is 40.3 Å². The number of carbonyl (C=O) groups is 2. The lowest BCUT2D eigenvalue weighted by Crippen LogP contribution is -3.12. The largest absolute Gasteiger partial charge is 0.311 e. The Balaban J connectivity index is 1.62. The van der Waals surface area contributed by atoms with Crippen molar-refractivity contribution in [1.29, 1.82) is 0 Å². The number of thiophene rings is 1. The average Bonchev–Trinajstić information content (AvgIpc) is 3.25. The highest BCUT2D eigenvalue weighted by Gasteiger charge is 2.40. The maximum atomic E-state index is 12.4. The number of nitrogens with one attached hydrogen (secondary N) is 1. The van der Waals surface area contributed by atoms with Crippen LogP contribution in [0.3, 0.4) is 0 Å². The average molecular weight is 348 g/mol. The van der Waals surface area contributed by atoms with Gasteiger partial charge < -0.3 is 4.90 Å². The molecule has 1 fully saturated rings. The van der Waals surface area contributed by atoms with Crippen LogP contribution in [-0.2, 0) is 4.79 Å². The number of amides is 1. The summed E-state index contributed by atoms with van der Waals surface area (Å²) in [6, 6.07) is 9.73. The summed E-state index contributed by atoms with van der Waals surface area (Å²) in [5.41, 5.74) is 1.11. The highest BCUT2D eigenvalue weighted by Crippen LogP contribution is 2.31. The molecule has 0 spiro atoms. The number of benzene rings is 1. The highest BCUT2D eigenvalue weighted by atomic mass is 35.5. The van der Waals surface area contributed by atoms with Crippen LogP contribution < -0.4 is 9.80 Å². The van der Waals surface area contributed by atoms with Gasteiger partial charge in [0.05, 0.1) is 22.7 Å². The second-order valence-corrected chi connectivity index (χ2v) is 7.42. The van der Waals surface area contributed by atoms with Gasteiger partial charge in [-0.2, -0.15) is 0 Å². The first kappa shape index (κ1) is 14.9. The van der Waals surface area contributed by atoms with E-state index in [1.807, 2.05) is 0 Å². The normalized spacial score (nSPS) is 23.6. The first-order valence-corrected chi connectivity index (χ1v) is 8.94. The van der Waals surface area contributed by atoms with Gasteiger partial charge in [-0.15, -0.1) is 11.3 Å². The third-order valence-electron chi connectivity index (χ3n) is 4.66. The molecule has 0 radical (unpaired) electrons. The van der Waals surface area contributed by atoms with E-state index >= 15 is 0 Å². The van der Waals surface area contributed by atoms with Gasteiger partial charge in [0.1, 0.15) is 6.04 Å². The molecule has 23 heavy (non-hydrogen) atoms. The predicted molar refractivity (Wildman–Crippen MR) is 90.3 cm³/mol. The predicted octanol–water partition coefficient (Wildman–Crippen LogP) is 2.31. The van der Waals surface area contributed by atoms with Crippen LogP contribution in [0.5, 0.6) is 0 Å². The molecule has 2 aliphatic heterocycles. The Morgan fingerprint density at radius 2 is 2.17 bits per heavy atom. The van der Waals surface area contributed by atoms with Crippen molar-refractivity contribution in [2.75, 3.05) is 18.1 Å². The third kappa shape index (κ3) is 2.49. The summed E-state index contributed by atoms with van der Waals surface area (Å²) >= 11 is 7.72. The first-order chi connectivity index (χ1) is 11.1. The Hall–Kier alpha value is -1.69. The minimum absolute atomic E-state index is 0.411. The fraction of sp³-hybridized carbons (Fsp3) is 0.294. The lowest BCUT2D eigenvalue weighted by molar-refractivity contribution is -0.916. The summed E-state index contributed by atoms with van der Waals surface area (Å²) in [6.45, 7) is 1.55. The maximum absolute atomic E-state index is 12.4. The van der Waals surface area contributed by atoms with Gasteiger partial charge in [0, 0.05) is 17.9 Å². The van der Waals surface area contributed by atoms with Crippen LogP contribution in [0.15, 0.2) is 35.7 Å². The van der Waals surface area contributed by atoms with Crippen molar-refractivity contribution in [3.05, 3.63) is 51.2 Å². The molecule has 1 amide bonds. The number of hydrogen-bond acceptors (Lipinski definition) is 3. The van der Waals surface area contributed by atoms with Crippen LogP contribution in [0.4, 0.5) is 5.69 Å². The molecule has 0 aliphatic carbocycles. The van der Waals surface area contributed by atoms with Gasteiger partial charge in [0.25, 0.3) is 5.78 Å². The molecule has 2 aromatic rings. The minimum atomic E-state index is -0.450. The van der Waals surface area contributed by atoms with E-state index in [0.29, 0.717) is 29.0 Å². The lowest BCUT2D eigenvalue weighted by Gasteiger charge is -2.25. The second-order valence-electron chi connectivity index (χ2n) is 6.00. The fourth-order valence-corrected chi connectivity index (χ4v) is 4.66. The molecule has 0 saturated carbocycles. The van der Waals surface area contributed by atoms with Gasteiger partial charge in [0.2, 0.25) is 0 Å². The molecular weight excluding hydrogens is 332 g/mol. The van der Waals surface area contributed by atoms with Crippen molar-refractivity contribution in [1.82, 2.24) is 0 Å². The molecule has 2 aliphatic rings. The SMILES string of the molecule is O=C1C(=O)N(C[NH+]2CCC[C@@H]2c2cccs2)c2ccc(Cl)cc21. The summed E-state index contributed by atoms with van der Waals surface area (Å²) in [4.78, 5) is 28.9. The van der Waals surface area contributed by atoms with Gasteiger partial charge >= 0.3 is 5.91 Å². The number of rotatable bonds is 3. The zero-order valence-electron chi connectivity index (χ0n) is 12.4. The van der Waals surface area contributed by atoms with E-state index < -0.39 is 11.7 Å². The van der Waals surface area contributed by atoms with Gasteiger partial charge in [-0.1, -0.05) is 17.7 Å². The number of anilines is 1. The standard InChI is InChI=1S/C17H15ClN2O2S/c18-11-5-6-13-12(9-11)16(21)17(22)20(13)10-19-7-1-3-14(19)15-4-2-8-23-15/h2,4-6,8-9,14H,1,3,7,10H2/p+1/t14-/m1/s1. The van der Waals surface area contributed by atoms with Crippen LogP contribution in [-0.4, -0.2) is 24.9 Å². The second kappa shape index (κ2) is 5.74. The summed E-state index contributed by atoms with van der Waals surface area (Å²) in [6.07, 6.45) is 2.26. The van der Waals surface area contributed by atoms with Crippen molar-refractivity contribution in [2.45, 2.75) is 18.9 Å². The molecule has 0 bridgehead atoms. The molecular formula is C17H16ClN2O2S+. The summed E-state index contributed by atoms with van der Waals surface area (Å²) in [7, 11) is 0. The van der Waals surface area contributed by atoms with Gasteiger partial charge in [-0.05, 0) is 29.6 Å². The molecule has 6 heteroatoms. The zero-order valence-corrected chi connectivity index (χ0v) is 14.0. The summed E-state index contributed by atoms with van der Waals surface area (Å²) in [5.74, 6) is -0.889. The van der Waals surface area contributed by atoms with Crippen LogP contribution in [0.25, 0.3) is 0 Å². The Labute approximate surface area is 143 Å². The quantitative estimate of drug-likeness (QED) is 0.866. The number of hydrogen-bond donors (Lipinski definition) is 1.